The number of nitrogens with zero attached hydrogens (tertiary/aromatic N) is 1. The van der Waals surface area contributed by atoms with Gasteiger partial charge < -0.3 is 15.4 Å². The van der Waals surface area contributed by atoms with Gasteiger partial charge >= 0.3 is 0 Å². The second-order valence-corrected chi connectivity index (χ2v) is 4.91. The first-order valence-corrected chi connectivity index (χ1v) is 6.59. The molecule has 0 saturated heterocycles. The monoisotopic (exact) mass is 250 g/mol. The quantitative estimate of drug-likeness (QED) is 0.789. The number of methoxy groups -OCH3 is 1. The zero-order chi connectivity index (χ0) is 13.7. The van der Waals surface area contributed by atoms with E-state index in [2.05, 4.69) is 38.8 Å². The molecule has 0 radical (unpaired) electrons. The van der Waals surface area contributed by atoms with Gasteiger partial charge in [-0.3, -0.25) is 0 Å². The Hall–Kier alpha value is -1.22. The molecule has 0 aromatic heterocycles. The van der Waals surface area contributed by atoms with Crippen LogP contribution in [0, 0.1) is 20.8 Å². The minimum atomic E-state index is 0.771. The number of unbranched alkanes of at least 4 members (excludes halogenated alkanes) is 1. The van der Waals surface area contributed by atoms with Crippen LogP contribution in [0.15, 0.2) is 6.07 Å². The minimum Gasteiger partial charge on any atom is -0.496 e. The molecule has 102 valence electrons. The molecule has 0 saturated carbocycles. The van der Waals surface area contributed by atoms with E-state index in [1.54, 1.807) is 7.11 Å². The van der Waals surface area contributed by atoms with E-state index in [1.807, 2.05) is 0 Å². The van der Waals surface area contributed by atoms with Gasteiger partial charge in [0, 0.05) is 19.3 Å². The fourth-order valence-electron chi connectivity index (χ4n) is 2.36. The van der Waals surface area contributed by atoms with Crippen LogP contribution >= 0.6 is 0 Å². The summed E-state index contributed by atoms with van der Waals surface area (Å²) < 4.78 is 5.45. The van der Waals surface area contributed by atoms with Crippen LogP contribution in [0.25, 0.3) is 0 Å². The smallest absolute Gasteiger partial charge is 0.125 e. The summed E-state index contributed by atoms with van der Waals surface area (Å²) in [4.78, 5) is 2.31. The lowest BCUT2D eigenvalue weighted by Gasteiger charge is -2.24. The van der Waals surface area contributed by atoms with Gasteiger partial charge in [-0.25, -0.2) is 0 Å². The van der Waals surface area contributed by atoms with Gasteiger partial charge in [-0.15, -0.1) is 0 Å². The first-order chi connectivity index (χ1) is 8.52. The Balaban J connectivity index is 2.96. The molecule has 1 rings (SSSR count). The van der Waals surface area contributed by atoms with E-state index in [0.717, 1.165) is 31.7 Å². The number of benzene rings is 1. The molecule has 0 spiro atoms. The van der Waals surface area contributed by atoms with Gasteiger partial charge in [0.25, 0.3) is 0 Å². The van der Waals surface area contributed by atoms with Crippen molar-refractivity contribution in [2.75, 3.05) is 32.1 Å². The van der Waals surface area contributed by atoms with E-state index in [-0.39, 0.29) is 0 Å². The number of nitrogens with two attached hydrogens (primary N) is 1. The van der Waals surface area contributed by atoms with Gasteiger partial charge in [-0.2, -0.15) is 0 Å². The number of rotatable bonds is 6. The molecule has 0 bridgehead atoms. The van der Waals surface area contributed by atoms with Crippen LogP contribution in [0.4, 0.5) is 5.69 Å². The molecular weight excluding hydrogens is 224 g/mol. The Labute approximate surface area is 111 Å². The van der Waals surface area contributed by atoms with Gasteiger partial charge in [0.05, 0.1) is 7.11 Å². The summed E-state index contributed by atoms with van der Waals surface area (Å²) in [5.41, 5.74) is 10.6. The van der Waals surface area contributed by atoms with E-state index in [1.165, 1.54) is 22.4 Å². The van der Waals surface area contributed by atoms with Crippen molar-refractivity contribution in [3.8, 4) is 5.75 Å². The molecule has 1 aromatic carbocycles. The molecule has 0 aliphatic rings. The third kappa shape index (κ3) is 3.16. The fraction of sp³-hybridized carbons (Fsp3) is 0.600. The SMILES string of the molecule is COc1c(C)cc(N(C)CCCCN)c(C)c1C. The van der Waals surface area contributed by atoms with Crippen molar-refractivity contribution in [1.82, 2.24) is 0 Å². The van der Waals surface area contributed by atoms with Gasteiger partial charge in [0.2, 0.25) is 0 Å². The molecule has 3 heteroatoms. The summed E-state index contributed by atoms with van der Waals surface area (Å²) in [5.74, 6) is 1.01. The summed E-state index contributed by atoms with van der Waals surface area (Å²) in [6.45, 7) is 8.20. The molecule has 0 heterocycles. The van der Waals surface area contributed by atoms with Gasteiger partial charge in [-0.05, 0) is 62.9 Å². The standard InChI is InChI=1S/C15H26N2O/c1-11-10-14(17(4)9-7-6-8-16)12(2)13(3)15(11)18-5/h10H,6-9,16H2,1-5H3. The zero-order valence-corrected chi connectivity index (χ0v) is 12.3. The Bertz CT molecular complexity index is 402. The molecular formula is C15H26N2O. The summed E-state index contributed by atoms with van der Waals surface area (Å²) in [6, 6.07) is 2.21. The Morgan fingerprint density at radius 3 is 2.39 bits per heavy atom. The second kappa shape index (κ2) is 6.64. The predicted octanol–water partition coefficient (Wildman–Crippen LogP) is 2.80. The molecule has 2 N–H and O–H groups in total. The molecule has 0 aliphatic carbocycles. The lowest BCUT2D eigenvalue weighted by Crippen LogP contribution is -2.21. The maximum Gasteiger partial charge on any atom is 0.125 e. The Kier molecular flexibility index (Phi) is 5.48. The maximum absolute atomic E-state index is 5.53. The maximum atomic E-state index is 5.53. The van der Waals surface area contributed by atoms with Gasteiger partial charge in [0.15, 0.2) is 0 Å². The van der Waals surface area contributed by atoms with Crippen molar-refractivity contribution in [1.29, 1.82) is 0 Å². The number of hydrogen-bond donors (Lipinski definition) is 1. The Morgan fingerprint density at radius 1 is 1.17 bits per heavy atom. The van der Waals surface area contributed by atoms with Crippen molar-refractivity contribution in [3.05, 3.63) is 22.8 Å². The summed E-state index contributed by atoms with van der Waals surface area (Å²) in [7, 11) is 3.88. The molecule has 0 amide bonds. The normalized spacial score (nSPS) is 10.6. The van der Waals surface area contributed by atoms with Crippen LogP contribution in [0.1, 0.15) is 29.5 Å². The Morgan fingerprint density at radius 2 is 1.83 bits per heavy atom. The highest BCUT2D eigenvalue weighted by atomic mass is 16.5. The molecule has 0 fully saturated rings. The van der Waals surface area contributed by atoms with Crippen LogP contribution in [0.2, 0.25) is 0 Å². The number of hydrogen-bond acceptors (Lipinski definition) is 3. The van der Waals surface area contributed by atoms with Crippen LogP contribution in [-0.4, -0.2) is 27.2 Å². The molecule has 3 nitrogen and oxygen atoms in total. The fourth-order valence-corrected chi connectivity index (χ4v) is 2.36. The van der Waals surface area contributed by atoms with Crippen LogP contribution < -0.4 is 15.4 Å². The second-order valence-electron chi connectivity index (χ2n) is 4.91. The van der Waals surface area contributed by atoms with Crippen molar-refractivity contribution < 1.29 is 4.74 Å². The summed E-state index contributed by atoms with van der Waals surface area (Å²) >= 11 is 0. The number of aryl methyl sites for hydroxylation is 1. The van der Waals surface area contributed by atoms with Gasteiger partial charge in [0.1, 0.15) is 5.75 Å². The first kappa shape index (κ1) is 14.8. The third-order valence-electron chi connectivity index (χ3n) is 3.56. The zero-order valence-electron chi connectivity index (χ0n) is 12.3. The molecule has 1 aromatic rings. The lowest BCUT2D eigenvalue weighted by molar-refractivity contribution is 0.408. The summed E-state index contributed by atoms with van der Waals surface area (Å²) in [6.07, 6.45) is 2.22. The van der Waals surface area contributed by atoms with Crippen LogP contribution in [0.3, 0.4) is 0 Å². The number of ether oxygens (including phenoxy) is 1. The topological polar surface area (TPSA) is 38.5 Å². The molecule has 0 aliphatic heterocycles. The lowest BCUT2D eigenvalue weighted by atomic mass is 10.0. The van der Waals surface area contributed by atoms with E-state index >= 15 is 0 Å². The predicted molar refractivity (Wildman–Crippen MR) is 78.8 cm³/mol. The van der Waals surface area contributed by atoms with E-state index in [9.17, 15) is 0 Å². The molecule has 0 unspecified atom stereocenters. The van der Waals surface area contributed by atoms with Gasteiger partial charge in [-0.1, -0.05) is 0 Å². The average molecular weight is 250 g/mol. The highest BCUT2D eigenvalue weighted by Crippen LogP contribution is 2.33. The summed E-state index contributed by atoms with van der Waals surface area (Å²) in [5, 5.41) is 0. The minimum absolute atomic E-state index is 0.771. The largest absolute Gasteiger partial charge is 0.496 e. The van der Waals surface area contributed by atoms with E-state index < -0.39 is 0 Å². The van der Waals surface area contributed by atoms with E-state index in [0.29, 0.717) is 0 Å². The van der Waals surface area contributed by atoms with Crippen LogP contribution in [0.5, 0.6) is 5.75 Å². The third-order valence-corrected chi connectivity index (χ3v) is 3.56. The molecule has 18 heavy (non-hydrogen) atoms. The average Bonchev–Trinajstić information content (AvgIpc) is 2.34. The van der Waals surface area contributed by atoms with Crippen molar-refractivity contribution in [2.45, 2.75) is 33.6 Å². The highest BCUT2D eigenvalue weighted by Gasteiger charge is 2.13. The number of anilines is 1. The van der Waals surface area contributed by atoms with Crippen molar-refractivity contribution in [3.63, 3.8) is 0 Å². The molecule has 0 atom stereocenters. The highest BCUT2D eigenvalue weighted by molar-refractivity contribution is 5.62. The van der Waals surface area contributed by atoms with Crippen LogP contribution in [-0.2, 0) is 0 Å². The van der Waals surface area contributed by atoms with Crippen molar-refractivity contribution in [2.24, 2.45) is 5.73 Å². The first-order valence-electron chi connectivity index (χ1n) is 6.59. The van der Waals surface area contributed by atoms with Crippen molar-refractivity contribution >= 4 is 5.69 Å². The van der Waals surface area contributed by atoms with E-state index in [4.69, 9.17) is 10.5 Å².